The van der Waals surface area contributed by atoms with E-state index < -0.39 is 0 Å². The second kappa shape index (κ2) is 3.54. The highest BCUT2D eigenvalue weighted by molar-refractivity contribution is 5.79. The highest BCUT2D eigenvalue weighted by atomic mass is 16.3. The predicted octanol–water partition coefficient (Wildman–Crippen LogP) is 0.872. The quantitative estimate of drug-likeness (QED) is 0.729. The van der Waals surface area contributed by atoms with Gasteiger partial charge in [-0.05, 0) is 38.0 Å². The van der Waals surface area contributed by atoms with E-state index in [2.05, 4.69) is 0 Å². The summed E-state index contributed by atoms with van der Waals surface area (Å²) in [5.74, 6) is 2.18. The van der Waals surface area contributed by atoms with Crippen LogP contribution in [-0.4, -0.2) is 35.6 Å². The number of nitrogens with zero attached hydrogens (tertiary/aromatic N) is 1. The van der Waals surface area contributed by atoms with Gasteiger partial charge in [0, 0.05) is 13.0 Å². The minimum atomic E-state index is -0.0422. The summed E-state index contributed by atoms with van der Waals surface area (Å²) in [4.78, 5) is 13.6. The van der Waals surface area contributed by atoms with Crippen molar-refractivity contribution in [2.45, 2.75) is 32.2 Å². The summed E-state index contributed by atoms with van der Waals surface area (Å²) >= 11 is 0. The van der Waals surface area contributed by atoms with Crippen LogP contribution in [0, 0.1) is 17.8 Å². The van der Waals surface area contributed by atoms with E-state index in [1.54, 1.807) is 11.9 Å². The molecule has 0 spiro atoms. The molecule has 0 aromatic rings. The van der Waals surface area contributed by atoms with Crippen molar-refractivity contribution in [3.63, 3.8) is 0 Å². The van der Waals surface area contributed by atoms with Crippen molar-refractivity contribution >= 4 is 5.91 Å². The van der Waals surface area contributed by atoms with Crippen LogP contribution in [0.15, 0.2) is 0 Å². The molecule has 3 unspecified atom stereocenters. The van der Waals surface area contributed by atoms with E-state index in [4.69, 9.17) is 5.11 Å². The summed E-state index contributed by atoms with van der Waals surface area (Å²) in [5.41, 5.74) is 0. The van der Waals surface area contributed by atoms with E-state index in [1.807, 2.05) is 6.92 Å². The first kappa shape index (κ1) is 9.97. The van der Waals surface area contributed by atoms with Crippen molar-refractivity contribution in [1.82, 2.24) is 4.90 Å². The smallest absolute Gasteiger partial charge is 0.225 e. The number of rotatable bonds is 3. The number of carbonyl (C=O) groups is 1. The van der Waals surface area contributed by atoms with Crippen LogP contribution in [0.25, 0.3) is 0 Å². The average molecular weight is 197 g/mol. The summed E-state index contributed by atoms with van der Waals surface area (Å²) in [6, 6.07) is -0.0422. The fourth-order valence-corrected chi connectivity index (χ4v) is 2.54. The van der Waals surface area contributed by atoms with Crippen LogP contribution in [0.4, 0.5) is 0 Å². The Hall–Kier alpha value is -0.570. The van der Waals surface area contributed by atoms with Crippen molar-refractivity contribution in [3.05, 3.63) is 0 Å². The molecule has 1 N–H and O–H groups in total. The second-order valence-corrected chi connectivity index (χ2v) is 4.90. The Bertz CT molecular complexity index is 227. The maximum atomic E-state index is 11.9. The molecule has 0 heterocycles. The van der Waals surface area contributed by atoms with Gasteiger partial charge in [0.15, 0.2) is 0 Å². The third-order valence-electron chi connectivity index (χ3n) is 3.87. The van der Waals surface area contributed by atoms with Crippen molar-refractivity contribution in [3.8, 4) is 0 Å². The Kier molecular flexibility index (Phi) is 2.52. The van der Waals surface area contributed by atoms with E-state index in [1.165, 1.54) is 6.42 Å². The third kappa shape index (κ3) is 1.65. The summed E-state index contributed by atoms with van der Waals surface area (Å²) in [6.07, 6.45) is 3.53. The molecule has 2 fully saturated rings. The molecule has 2 rings (SSSR count). The summed E-state index contributed by atoms with van der Waals surface area (Å²) < 4.78 is 0. The molecule has 2 aliphatic rings. The van der Waals surface area contributed by atoms with E-state index in [9.17, 15) is 4.79 Å². The molecular weight excluding hydrogens is 178 g/mol. The number of likely N-dealkylation sites (N-methyl/N-ethyl adjacent to an activating group) is 1. The number of hydrogen-bond donors (Lipinski definition) is 1. The van der Waals surface area contributed by atoms with E-state index in [0.717, 1.165) is 24.7 Å². The van der Waals surface area contributed by atoms with Crippen molar-refractivity contribution in [2.24, 2.45) is 17.8 Å². The Morgan fingerprint density at radius 1 is 1.43 bits per heavy atom. The Labute approximate surface area is 85.1 Å². The largest absolute Gasteiger partial charge is 0.394 e. The fourth-order valence-electron chi connectivity index (χ4n) is 2.54. The van der Waals surface area contributed by atoms with Gasteiger partial charge in [-0.25, -0.2) is 0 Å². The molecule has 0 aliphatic heterocycles. The summed E-state index contributed by atoms with van der Waals surface area (Å²) in [5, 5.41) is 8.96. The minimum Gasteiger partial charge on any atom is -0.394 e. The molecule has 0 aromatic heterocycles. The first-order valence-corrected chi connectivity index (χ1v) is 5.51. The Balaban J connectivity index is 1.88. The van der Waals surface area contributed by atoms with Crippen molar-refractivity contribution < 1.29 is 9.90 Å². The van der Waals surface area contributed by atoms with E-state index in [0.29, 0.717) is 0 Å². The van der Waals surface area contributed by atoms with Gasteiger partial charge in [0.05, 0.1) is 12.6 Å². The molecule has 3 nitrogen and oxygen atoms in total. The Morgan fingerprint density at radius 2 is 2.00 bits per heavy atom. The molecule has 80 valence electrons. The number of aliphatic hydroxyl groups excluding tert-OH is 1. The van der Waals surface area contributed by atoms with Gasteiger partial charge in [0.2, 0.25) is 5.91 Å². The van der Waals surface area contributed by atoms with Crippen LogP contribution in [0.1, 0.15) is 26.2 Å². The molecule has 3 heteroatoms. The van der Waals surface area contributed by atoms with Crippen LogP contribution in [-0.2, 0) is 4.79 Å². The first-order chi connectivity index (χ1) is 6.63. The SMILES string of the molecule is CC(CO)N(C)C(=O)C1CC2CC2C1. The molecule has 3 atom stereocenters. The zero-order valence-corrected chi connectivity index (χ0v) is 8.94. The van der Waals surface area contributed by atoms with Gasteiger partial charge in [0.1, 0.15) is 0 Å². The number of aliphatic hydroxyl groups is 1. The predicted molar refractivity (Wildman–Crippen MR) is 53.6 cm³/mol. The lowest BCUT2D eigenvalue weighted by Crippen LogP contribution is -2.40. The third-order valence-corrected chi connectivity index (χ3v) is 3.87. The fraction of sp³-hybridized carbons (Fsp3) is 0.909. The maximum absolute atomic E-state index is 11.9. The standard InChI is InChI=1S/C11H19NO2/c1-7(6-13)12(2)11(14)10-4-8-3-9(8)5-10/h7-10,13H,3-6H2,1-2H3. The Morgan fingerprint density at radius 3 is 2.50 bits per heavy atom. The maximum Gasteiger partial charge on any atom is 0.225 e. The van der Waals surface area contributed by atoms with Crippen LogP contribution in [0.3, 0.4) is 0 Å². The molecule has 0 aromatic carbocycles. The summed E-state index contributed by atoms with van der Waals surface area (Å²) in [6.45, 7) is 1.94. The van der Waals surface area contributed by atoms with Gasteiger partial charge in [0.25, 0.3) is 0 Å². The molecule has 0 radical (unpaired) electrons. The van der Waals surface area contributed by atoms with Gasteiger partial charge in [-0.15, -0.1) is 0 Å². The van der Waals surface area contributed by atoms with Crippen LogP contribution in [0.5, 0.6) is 0 Å². The molecule has 0 bridgehead atoms. The number of hydrogen-bond acceptors (Lipinski definition) is 2. The molecule has 14 heavy (non-hydrogen) atoms. The van der Waals surface area contributed by atoms with Crippen molar-refractivity contribution in [2.75, 3.05) is 13.7 Å². The lowest BCUT2D eigenvalue weighted by atomic mass is 10.0. The second-order valence-electron chi connectivity index (χ2n) is 4.90. The van der Waals surface area contributed by atoms with Gasteiger partial charge in [-0.2, -0.15) is 0 Å². The van der Waals surface area contributed by atoms with Crippen LogP contribution in [0.2, 0.25) is 0 Å². The number of amides is 1. The van der Waals surface area contributed by atoms with Crippen LogP contribution >= 0.6 is 0 Å². The molecular formula is C11H19NO2. The van der Waals surface area contributed by atoms with Gasteiger partial charge in [-0.3, -0.25) is 4.79 Å². The zero-order chi connectivity index (χ0) is 10.3. The van der Waals surface area contributed by atoms with E-state index >= 15 is 0 Å². The lowest BCUT2D eigenvalue weighted by Gasteiger charge is -2.26. The number of carbonyl (C=O) groups excluding carboxylic acids is 1. The highest BCUT2D eigenvalue weighted by Crippen LogP contribution is 2.54. The van der Waals surface area contributed by atoms with Crippen LogP contribution < -0.4 is 0 Å². The molecule has 1 amide bonds. The number of fused-ring (bicyclic) bond motifs is 1. The first-order valence-electron chi connectivity index (χ1n) is 5.51. The van der Waals surface area contributed by atoms with Gasteiger partial charge in [-0.1, -0.05) is 0 Å². The molecule has 2 saturated carbocycles. The van der Waals surface area contributed by atoms with Gasteiger partial charge >= 0.3 is 0 Å². The minimum absolute atomic E-state index is 0.0422. The highest BCUT2D eigenvalue weighted by Gasteiger charge is 2.48. The molecule has 2 aliphatic carbocycles. The topological polar surface area (TPSA) is 40.5 Å². The average Bonchev–Trinajstić information content (AvgIpc) is 2.82. The summed E-state index contributed by atoms with van der Waals surface area (Å²) in [7, 11) is 1.80. The van der Waals surface area contributed by atoms with Gasteiger partial charge < -0.3 is 10.0 Å². The zero-order valence-electron chi connectivity index (χ0n) is 8.94. The monoisotopic (exact) mass is 197 g/mol. The lowest BCUT2D eigenvalue weighted by molar-refractivity contribution is -0.136. The molecule has 0 saturated heterocycles. The normalized spacial score (nSPS) is 36.4. The van der Waals surface area contributed by atoms with Crippen molar-refractivity contribution in [1.29, 1.82) is 0 Å². The van der Waals surface area contributed by atoms with E-state index in [-0.39, 0.29) is 24.5 Å².